The summed E-state index contributed by atoms with van der Waals surface area (Å²) in [4.78, 5) is 28.8. The first-order valence-electron chi connectivity index (χ1n) is 10.1. The Balaban J connectivity index is 1.17. The molecule has 0 unspecified atom stereocenters. The van der Waals surface area contributed by atoms with Crippen molar-refractivity contribution in [3.05, 3.63) is 48.0 Å². The molecule has 0 saturated carbocycles. The van der Waals surface area contributed by atoms with Crippen molar-refractivity contribution in [3.63, 3.8) is 0 Å². The van der Waals surface area contributed by atoms with E-state index >= 15 is 0 Å². The van der Waals surface area contributed by atoms with Crippen LogP contribution in [0.3, 0.4) is 0 Å². The number of nitrogens with one attached hydrogen (secondary N) is 1. The molecular weight excluding hydrogens is 386 g/mol. The van der Waals surface area contributed by atoms with Gasteiger partial charge in [0, 0.05) is 36.4 Å². The van der Waals surface area contributed by atoms with Crippen molar-refractivity contribution in [1.82, 2.24) is 4.90 Å². The van der Waals surface area contributed by atoms with Crippen LogP contribution in [-0.2, 0) is 16.1 Å². The third-order valence-electron chi connectivity index (χ3n) is 5.74. The number of hydrogen-bond acceptors (Lipinski definition) is 6. The summed E-state index contributed by atoms with van der Waals surface area (Å²) < 4.78 is 16.0. The number of anilines is 2. The van der Waals surface area contributed by atoms with Crippen LogP contribution in [0.5, 0.6) is 11.5 Å². The first-order chi connectivity index (χ1) is 14.7. The fourth-order valence-electron chi connectivity index (χ4n) is 4.23. The molecule has 3 aliphatic heterocycles. The fourth-order valence-corrected chi connectivity index (χ4v) is 4.23. The zero-order valence-corrected chi connectivity index (χ0v) is 16.5. The highest BCUT2D eigenvalue weighted by Gasteiger charge is 2.34. The van der Waals surface area contributed by atoms with Gasteiger partial charge in [0.15, 0.2) is 11.5 Å². The van der Waals surface area contributed by atoms with E-state index in [0.717, 1.165) is 37.2 Å². The first-order valence-corrected chi connectivity index (χ1v) is 10.1. The molecule has 30 heavy (non-hydrogen) atoms. The second kappa shape index (κ2) is 7.87. The van der Waals surface area contributed by atoms with E-state index in [-0.39, 0.29) is 24.8 Å². The van der Waals surface area contributed by atoms with Crippen LogP contribution in [0.25, 0.3) is 0 Å². The van der Waals surface area contributed by atoms with Crippen LogP contribution in [0.15, 0.2) is 42.5 Å². The minimum atomic E-state index is -0.285. The monoisotopic (exact) mass is 409 g/mol. The predicted octanol–water partition coefficient (Wildman–Crippen LogP) is 2.98. The van der Waals surface area contributed by atoms with Crippen LogP contribution < -0.4 is 19.7 Å². The lowest BCUT2D eigenvalue weighted by Crippen LogP contribution is -2.50. The molecule has 2 aromatic carbocycles. The highest BCUT2D eigenvalue weighted by Crippen LogP contribution is 2.34. The summed E-state index contributed by atoms with van der Waals surface area (Å²) in [7, 11) is 0. The molecule has 1 N–H and O–H groups in total. The maximum Gasteiger partial charge on any atom is 0.414 e. The Hall–Kier alpha value is -3.26. The SMILES string of the molecule is O=C(CN1CCC(N2C(=O)OCc3ccccc32)CC1)Nc1ccc2c(c1)OCO2. The van der Waals surface area contributed by atoms with Gasteiger partial charge in [-0.15, -0.1) is 0 Å². The Morgan fingerprint density at radius 2 is 1.83 bits per heavy atom. The molecule has 3 heterocycles. The van der Waals surface area contributed by atoms with Crippen LogP contribution in [0.2, 0.25) is 0 Å². The quantitative estimate of drug-likeness (QED) is 0.836. The smallest absolute Gasteiger partial charge is 0.414 e. The van der Waals surface area contributed by atoms with Crippen molar-refractivity contribution in [3.8, 4) is 11.5 Å². The van der Waals surface area contributed by atoms with E-state index in [0.29, 0.717) is 30.3 Å². The second-order valence-electron chi connectivity index (χ2n) is 7.68. The van der Waals surface area contributed by atoms with Crippen molar-refractivity contribution < 1.29 is 23.8 Å². The number of piperidine rings is 1. The Bertz CT molecular complexity index is 971. The van der Waals surface area contributed by atoms with Crippen molar-refractivity contribution in [2.24, 2.45) is 0 Å². The molecule has 156 valence electrons. The van der Waals surface area contributed by atoms with Crippen molar-refractivity contribution in [1.29, 1.82) is 0 Å². The molecule has 2 aromatic rings. The number of ether oxygens (including phenoxy) is 3. The van der Waals surface area contributed by atoms with Gasteiger partial charge >= 0.3 is 6.09 Å². The normalized spacial score (nSPS) is 18.7. The standard InChI is InChI=1S/C22H23N3O5/c26-21(23-16-5-6-19-20(11-16)30-14-29-19)12-24-9-7-17(8-10-24)25-18-4-2-1-3-15(18)13-28-22(25)27/h1-6,11,17H,7-10,12-14H2,(H,23,26). The molecule has 0 bridgehead atoms. The van der Waals surface area contributed by atoms with Gasteiger partial charge in [-0.05, 0) is 31.0 Å². The summed E-state index contributed by atoms with van der Waals surface area (Å²) >= 11 is 0. The Morgan fingerprint density at radius 1 is 1.03 bits per heavy atom. The highest BCUT2D eigenvalue weighted by atomic mass is 16.7. The number of benzene rings is 2. The van der Waals surface area contributed by atoms with Crippen LogP contribution in [0.1, 0.15) is 18.4 Å². The number of cyclic esters (lactones) is 1. The van der Waals surface area contributed by atoms with E-state index in [1.807, 2.05) is 24.3 Å². The number of nitrogens with zero attached hydrogens (tertiary/aromatic N) is 2. The second-order valence-corrected chi connectivity index (χ2v) is 7.68. The number of carbonyl (C=O) groups excluding carboxylic acids is 2. The lowest BCUT2D eigenvalue weighted by molar-refractivity contribution is -0.117. The summed E-state index contributed by atoms with van der Waals surface area (Å²) in [6.07, 6.45) is 1.30. The largest absolute Gasteiger partial charge is 0.454 e. The fraction of sp³-hybridized carbons (Fsp3) is 0.364. The minimum absolute atomic E-state index is 0.0740. The van der Waals surface area contributed by atoms with Gasteiger partial charge in [-0.3, -0.25) is 14.6 Å². The van der Waals surface area contributed by atoms with E-state index < -0.39 is 0 Å². The molecular formula is C22H23N3O5. The summed E-state index contributed by atoms with van der Waals surface area (Å²) in [5, 5.41) is 2.91. The summed E-state index contributed by atoms with van der Waals surface area (Å²) in [5.41, 5.74) is 2.65. The number of amides is 2. The Labute approximate surface area is 174 Å². The Morgan fingerprint density at radius 3 is 2.70 bits per heavy atom. The van der Waals surface area contributed by atoms with Gasteiger partial charge in [0.2, 0.25) is 12.7 Å². The van der Waals surface area contributed by atoms with Crippen molar-refractivity contribution in [2.45, 2.75) is 25.5 Å². The lowest BCUT2D eigenvalue weighted by Gasteiger charge is -2.40. The Kier molecular flexibility index (Phi) is 4.92. The van der Waals surface area contributed by atoms with Gasteiger partial charge in [-0.25, -0.2) is 4.79 Å². The van der Waals surface area contributed by atoms with Crippen LogP contribution in [0, 0.1) is 0 Å². The molecule has 0 aromatic heterocycles. The highest BCUT2D eigenvalue weighted by molar-refractivity contribution is 5.93. The number of likely N-dealkylation sites (tertiary alicyclic amines) is 1. The van der Waals surface area contributed by atoms with Gasteiger partial charge in [0.1, 0.15) is 6.61 Å². The molecule has 3 aliphatic rings. The van der Waals surface area contributed by atoms with Gasteiger partial charge in [-0.2, -0.15) is 0 Å². The molecule has 2 amide bonds. The van der Waals surface area contributed by atoms with E-state index in [4.69, 9.17) is 14.2 Å². The molecule has 8 nitrogen and oxygen atoms in total. The number of carbonyl (C=O) groups is 2. The molecule has 1 saturated heterocycles. The van der Waals surface area contributed by atoms with E-state index in [9.17, 15) is 9.59 Å². The summed E-state index contributed by atoms with van der Waals surface area (Å²) in [6, 6.07) is 13.3. The zero-order chi connectivity index (χ0) is 20.5. The lowest BCUT2D eigenvalue weighted by atomic mass is 10.0. The van der Waals surface area contributed by atoms with E-state index in [1.165, 1.54) is 0 Å². The van der Waals surface area contributed by atoms with Gasteiger partial charge in [0.25, 0.3) is 0 Å². The maximum absolute atomic E-state index is 12.5. The van der Waals surface area contributed by atoms with E-state index in [1.54, 1.807) is 23.1 Å². The average Bonchev–Trinajstić information content (AvgIpc) is 3.22. The third kappa shape index (κ3) is 3.66. The minimum Gasteiger partial charge on any atom is -0.454 e. The zero-order valence-electron chi connectivity index (χ0n) is 16.5. The average molecular weight is 409 g/mol. The molecule has 0 radical (unpaired) electrons. The number of hydrogen-bond donors (Lipinski definition) is 1. The van der Waals surface area contributed by atoms with Crippen LogP contribution >= 0.6 is 0 Å². The maximum atomic E-state index is 12.5. The molecule has 5 rings (SSSR count). The van der Waals surface area contributed by atoms with Crippen molar-refractivity contribution in [2.75, 3.05) is 36.6 Å². The molecule has 8 heteroatoms. The van der Waals surface area contributed by atoms with Crippen molar-refractivity contribution >= 4 is 23.4 Å². The third-order valence-corrected chi connectivity index (χ3v) is 5.74. The summed E-state index contributed by atoms with van der Waals surface area (Å²) in [6.45, 7) is 2.32. The number of fused-ring (bicyclic) bond motifs is 2. The van der Waals surface area contributed by atoms with Gasteiger partial charge in [-0.1, -0.05) is 18.2 Å². The molecule has 0 aliphatic carbocycles. The van der Waals surface area contributed by atoms with Crippen LogP contribution in [0.4, 0.5) is 16.2 Å². The van der Waals surface area contributed by atoms with Crippen LogP contribution in [-0.4, -0.2) is 49.4 Å². The number of para-hydroxylation sites is 1. The van der Waals surface area contributed by atoms with Gasteiger partial charge < -0.3 is 19.5 Å². The summed E-state index contributed by atoms with van der Waals surface area (Å²) in [5.74, 6) is 1.25. The predicted molar refractivity (Wildman–Crippen MR) is 110 cm³/mol. The molecule has 0 atom stereocenters. The topological polar surface area (TPSA) is 80.3 Å². The molecule has 0 spiro atoms. The van der Waals surface area contributed by atoms with E-state index in [2.05, 4.69) is 10.2 Å². The molecule has 1 fully saturated rings. The number of rotatable bonds is 4. The van der Waals surface area contributed by atoms with Gasteiger partial charge in [0.05, 0.1) is 12.2 Å². The first kappa shape index (κ1) is 18.7.